The summed E-state index contributed by atoms with van der Waals surface area (Å²) in [4.78, 5) is 20.0. The number of nitrogens with zero attached hydrogens (tertiary/aromatic N) is 4. The van der Waals surface area contributed by atoms with E-state index in [9.17, 15) is 0 Å². The number of hydrogen-bond acceptors (Lipinski definition) is 4. The van der Waals surface area contributed by atoms with Crippen molar-refractivity contribution in [2.75, 3.05) is 0 Å². The van der Waals surface area contributed by atoms with Gasteiger partial charge in [-0.05, 0) is 280 Å². The Morgan fingerprint density at radius 3 is 0.680 bits per heavy atom. The van der Waals surface area contributed by atoms with Gasteiger partial charge in [-0.25, -0.2) is 9.97 Å². The molecule has 0 saturated heterocycles. The van der Waals surface area contributed by atoms with Crippen molar-refractivity contribution in [3.8, 4) is 89.3 Å². The minimum Gasteiger partial charge on any atom is -0.265 e. The first kappa shape index (κ1) is 72.7. The molecule has 4 nitrogen and oxygen atoms in total. The van der Waals surface area contributed by atoms with Gasteiger partial charge >= 0.3 is 0 Å². The molecule has 0 saturated carbocycles. The number of fused-ring (bicyclic) bond motifs is 31. The summed E-state index contributed by atoms with van der Waals surface area (Å²) >= 11 is 0. The lowest BCUT2D eigenvalue weighted by Gasteiger charge is -2.18. The van der Waals surface area contributed by atoms with Crippen LogP contribution >= 0.6 is 0 Å². The highest BCUT2D eigenvalue weighted by Crippen LogP contribution is 2.49. The Labute approximate surface area is 736 Å². The molecule has 0 aliphatic rings. The lowest BCUT2D eigenvalue weighted by atomic mass is 9.87. The molecule has 27 rings (SSSR count). The number of pyridine rings is 4. The van der Waals surface area contributed by atoms with Crippen molar-refractivity contribution in [1.82, 2.24) is 19.9 Å². The van der Waals surface area contributed by atoms with Crippen LogP contribution in [0, 0.1) is 0 Å². The molecule has 0 radical (unpaired) electrons. The van der Waals surface area contributed by atoms with Crippen LogP contribution < -0.4 is 0 Å². The summed E-state index contributed by atoms with van der Waals surface area (Å²) in [5.74, 6) is 0. The zero-order chi connectivity index (χ0) is 84.0. The minimum atomic E-state index is 0.939. The molecule has 0 bridgehead atoms. The van der Waals surface area contributed by atoms with Crippen LogP contribution in [0.15, 0.2) is 449 Å². The second-order valence-corrected chi connectivity index (χ2v) is 34.0. The zero-order valence-corrected chi connectivity index (χ0v) is 69.5. The molecular weight excluding hydrogens is 1550 g/mol. The number of aromatic nitrogens is 4. The van der Waals surface area contributed by atoms with Gasteiger partial charge in [0.15, 0.2) is 0 Å². The highest BCUT2D eigenvalue weighted by atomic mass is 14.7. The predicted molar refractivity (Wildman–Crippen MR) is 545 cm³/mol. The van der Waals surface area contributed by atoms with Gasteiger partial charge in [0.1, 0.15) is 0 Å². The van der Waals surface area contributed by atoms with E-state index in [1.54, 1.807) is 0 Å². The minimum absolute atomic E-state index is 0.939. The van der Waals surface area contributed by atoms with Gasteiger partial charge in [-0.2, -0.15) is 0 Å². The first-order valence-corrected chi connectivity index (χ1v) is 44.0. The fraction of sp³-hybridized carbons (Fsp3) is 0. The van der Waals surface area contributed by atoms with E-state index in [1.165, 1.54) is 168 Å². The third-order valence-electron chi connectivity index (χ3n) is 27.2. The quantitative estimate of drug-likeness (QED) is 0.142. The Morgan fingerprint density at radius 1 is 0.125 bits per heavy atom. The molecule has 590 valence electrons. The van der Waals surface area contributed by atoms with Gasteiger partial charge in [-0.3, -0.25) is 9.97 Å². The van der Waals surface area contributed by atoms with Crippen LogP contribution in [0.2, 0.25) is 0 Å². The first-order chi connectivity index (χ1) is 63.5. The molecule has 0 fully saturated rings. The van der Waals surface area contributed by atoms with Crippen LogP contribution in [0.1, 0.15) is 0 Å². The molecule has 0 atom stereocenters. The lowest BCUT2D eigenvalue weighted by Crippen LogP contribution is -1.94. The van der Waals surface area contributed by atoms with Crippen LogP contribution in [0.25, 0.3) is 273 Å². The maximum absolute atomic E-state index is 5.62. The van der Waals surface area contributed by atoms with Crippen molar-refractivity contribution in [3.05, 3.63) is 449 Å². The van der Waals surface area contributed by atoms with E-state index in [1.807, 2.05) is 24.7 Å². The zero-order valence-electron chi connectivity index (χ0n) is 69.5. The highest BCUT2D eigenvalue weighted by molar-refractivity contribution is 6.31. The largest absolute Gasteiger partial charge is 0.265 e. The molecule has 0 aliphatic heterocycles. The number of benzene rings is 23. The van der Waals surface area contributed by atoms with E-state index >= 15 is 0 Å². The Balaban J connectivity index is 0.000000136. The maximum Gasteiger partial charge on any atom is 0.0794 e. The van der Waals surface area contributed by atoms with Crippen LogP contribution in [0.3, 0.4) is 0 Å². The van der Waals surface area contributed by atoms with E-state index < -0.39 is 0 Å². The lowest BCUT2D eigenvalue weighted by molar-refractivity contribution is 1.33. The Kier molecular flexibility index (Phi) is 16.7. The van der Waals surface area contributed by atoms with E-state index in [4.69, 9.17) is 9.97 Å². The average Bonchev–Trinajstić information content (AvgIpc) is 0.726. The summed E-state index contributed by atoms with van der Waals surface area (Å²) in [7, 11) is 0. The smallest absolute Gasteiger partial charge is 0.0794 e. The topological polar surface area (TPSA) is 51.6 Å². The van der Waals surface area contributed by atoms with E-state index in [0.717, 1.165) is 105 Å². The van der Waals surface area contributed by atoms with Crippen LogP contribution in [-0.4, -0.2) is 19.9 Å². The van der Waals surface area contributed by atoms with Gasteiger partial charge in [0.05, 0.1) is 27.9 Å². The van der Waals surface area contributed by atoms with Crippen LogP contribution in [-0.2, 0) is 0 Å². The normalized spacial score (nSPS) is 11.9. The Morgan fingerprint density at radius 2 is 0.359 bits per heavy atom. The third kappa shape index (κ3) is 11.7. The van der Waals surface area contributed by atoms with Gasteiger partial charge < -0.3 is 0 Å². The third-order valence-corrected chi connectivity index (χ3v) is 27.2. The first-order valence-electron chi connectivity index (χ1n) is 44.0. The molecule has 0 spiro atoms. The molecule has 27 aromatic rings. The highest BCUT2D eigenvalue weighted by Gasteiger charge is 2.24. The van der Waals surface area contributed by atoms with Gasteiger partial charge in [-0.1, -0.05) is 358 Å². The fourth-order valence-electron chi connectivity index (χ4n) is 21.2. The second-order valence-electron chi connectivity index (χ2n) is 34.0. The molecule has 0 aliphatic carbocycles. The number of para-hydroxylation sites is 1. The summed E-state index contributed by atoms with van der Waals surface area (Å²) in [6.45, 7) is 0. The second kappa shape index (κ2) is 29.4. The summed E-state index contributed by atoms with van der Waals surface area (Å²) in [5.41, 5.74) is 21.0. The summed E-state index contributed by atoms with van der Waals surface area (Å²) in [6.07, 6.45) is 5.59. The summed E-state index contributed by atoms with van der Waals surface area (Å²) in [6, 6.07) is 158. The summed E-state index contributed by atoms with van der Waals surface area (Å²) < 4.78 is 0. The SMILES string of the molecule is c1ccc2c(-c3ccc(-c4cc(-c5ccc6c7ccccc7c7ccccc7c6c5)c5cc(-c6ccc7c8ccccc8c8ccccc8c7c6)c6ccccc6c5n4)cc3)ccnc2c1.c1ccc2c(c1)c(-c1ccc3c4ccccc4c4ccccc4c3c1)cc1c(-c3ccc4c5ccccc5c5ccccc5c4c3)cc(-c3ccc(-c4ccncc4)cc3)nc12. The van der Waals surface area contributed by atoms with Crippen molar-refractivity contribution in [2.45, 2.75) is 0 Å². The van der Waals surface area contributed by atoms with Gasteiger partial charge in [-0.15, -0.1) is 0 Å². The molecule has 0 N–H and O–H groups in total. The molecule has 0 unspecified atom stereocenters. The van der Waals surface area contributed by atoms with E-state index in [2.05, 4.69) is 435 Å². The van der Waals surface area contributed by atoms with Crippen molar-refractivity contribution in [3.63, 3.8) is 0 Å². The molecule has 0 amide bonds. The average molecular weight is 1620 g/mol. The van der Waals surface area contributed by atoms with Crippen molar-refractivity contribution < 1.29 is 0 Å². The predicted octanol–water partition coefficient (Wildman–Crippen LogP) is 33.9. The van der Waals surface area contributed by atoms with E-state index in [0.29, 0.717) is 0 Å². The number of rotatable bonds is 8. The van der Waals surface area contributed by atoms with Crippen LogP contribution in [0.4, 0.5) is 0 Å². The number of hydrogen-bond donors (Lipinski definition) is 0. The molecule has 128 heavy (non-hydrogen) atoms. The monoisotopic (exact) mass is 1620 g/mol. The standard InChI is InChI=1S/C64H38N2.C60H36N2/c1-3-17-48-44(13-1)46-15-5-7-19-50(46)59-35-41(29-31-53(48)59)57-37-61-58(42-30-32-54-49-18-4-2-14-45(49)47-16-6-8-20-51(47)60(54)36-42)38-63(66-64(61)56-23-10-9-21-52(56)57)40-27-25-39(26-28-40)43-33-34-65-62-24-12-11-22-55(43)62;1-3-15-46-42(11-1)44-13-5-7-17-48(44)56-33-40(25-27-51(46)56)54-35-58-55(41-26-28-52-47-16-4-2-12-43(47)45-14-6-8-18-49(45)57(52)34-41)36-59(62-60(58)53-20-10-9-19-50(53)54)39-23-21-37(22-24-39)38-29-31-61-32-30-38/h1-38H;1-36H. The van der Waals surface area contributed by atoms with Gasteiger partial charge in [0.25, 0.3) is 0 Å². The molecule has 23 aromatic carbocycles. The van der Waals surface area contributed by atoms with E-state index in [-0.39, 0.29) is 0 Å². The fourth-order valence-corrected chi connectivity index (χ4v) is 21.2. The van der Waals surface area contributed by atoms with Crippen molar-refractivity contribution >= 4 is 184 Å². The van der Waals surface area contributed by atoms with Crippen molar-refractivity contribution in [2.24, 2.45) is 0 Å². The molecular formula is C124H74N4. The van der Waals surface area contributed by atoms with Crippen LogP contribution in [0.5, 0.6) is 0 Å². The molecule has 4 heterocycles. The summed E-state index contributed by atoms with van der Waals surface area (Å²) in [5, 5.41) is 38.5. The van der Waals surface area contributed by atoms with Gasteiger partial charge in [0.2, 0.25) is 0 Å². The Hall–Kier alpha value is -16.9. The molecule has 4 aromatic heterocycles. The Bertz CT molecular complexity index is 9240. The maximum atomic E-state index is 5.62. The molecule has 4 heteroatoms. The van der Waals surface area contributed by atoms with Gasteiger partial charge in [0, 0.05) is 56.6 Å². The van der Waals surface area contributed by atoms with Crippen molar-refractivity contribution in [1.29, 1.82) is 0 Å².